The number of benzene rings is 1. The first-order valence-electron chi connectivity index (χ1n) is 9.32. The van der Waals surface area contributed by atoms with Crippen molar-refractivity contribution in [2.45, 2.75) is 81.0 Å². The predicted octanol–water partition coefficient (Wildman–Crippen LogP) is 3.12. The fraction of sp³-hybridized carbons (Fsp3) is 0.684. The van der Waals surface area contributed by atoms with Gasteiger partial charge in [0.25, 0.3) is 0 Å². The molecule has 0 amide bonds. The zero-order chi connectivity index (χ0) is 19.2. The maximum atomic E-state index is 13.4. The molecule has 1 heterocycles. The Balaban J connectivity index is 1.85. The quantitative estimate of drug-likeness (QED) is 0.791. The first-order chi connectivity index (χ1) is 12.0. The monoisotopic (exact) mass is 398 g/mol. The predicted molar refractivity (Wildman–Crippen MR) is 106 cm³/mol. The lowest BCUT2D eigenvalue weighted by Crippen LogP contribution is -2.64. The molecule has 3 rings (SSSR count). The zero-order valence-corrected chi connectivity index (χ0v) is 17.8. The number of hydrogen-bond donors (Lipinski definition) is 1. The van der Waals surface area contributed by atoms with Crippen molar-refractivity contribution in [3.8, 4) is 0 Å². The van der Waals surface area contributed by atoms with Gasteiger partial charge in [-0.3, -0.25) is 0 Å². The van der Waals surface area contributed by atoms with Gasteiger partial charge < -0.3 is 4.55 Å². The standard InChI is InChI=1S/C19H30N2O3S2/c1-15-6-8-17(9-7-15)26(23,24)21-14-16(20-25(22)18(2,3)4)10-13-19(21)11-5-12-19/h6-9,16,20H,5,10-14H2,1-4H3/t16-,25?/m1/s1. The molecule has 2 fully saturated rings. The van der Waals surface area contributed by atoms with Crippen molar-refractivity contribution < 1.29 is 13.0 Å². The molecule has 1 N–H and O–H groups in total. The van der Waals surface area contributed by atoms with Gasteiger partial charge in [0.05, 0.1) is 10.9 Å². The number of rotatable bonds is 4. The van der Waals surface area contributed by atoms with E-state index in [9.17, 15) is 13.0 Å². The van der Waals surface area contributed by atoms with Gasteiger partial charge in [-0.25, -0.2) is 8.42 Å². The van der Waals surface area contributed by atoms with Crippen LogP contribution in [0.1, 0.15) is 58.4 Å². The Hall–Kier alpha value is -0.600. The summed E-state index contributed by atoms with van der Waals surface area (Å²) in [6, 6.07) is 6.99. The van der Waals surface area contributed by atoms with Crippen LogP contribution < -0.4 is 4.72 Å². The van der Waals surface area contributed by atoms with Crippen molar-refractivity contribution in [3.63, 3.8) is 0 Å². The van der Waals surface area contributed by atoms with E-state index < -0.39 is 21.4 Å². The summed E-state index contributed by atoms with van der Waals surface area (Å²) in [5, 5.41) is 0. The van der Waals surface area contributed by atoms with Crippen LogP contribution in [0.2, 0.25) is 0 Å². The van der Waals surface area contributed by atoms with Gasteiger partial charge in [-0.15, -0.1) is 4.72 Å². The topological polar surface area (TPSA) is 72.5 Å². The molecule has 2 atom stereocenters. The van der Waals surface area contributed by atoms with Crippen LogP contribution >= 0.6 is 0 Å². The van der Waals surface area contributed by atoms with Crippen LogP contribution in [0.4, 0.5) is 0 Å². The molecule has 7 heteroatoms. The van der Waals surface area contributed by atoms with Crippen molar-refractivity contribution in [1.82, 2.24) is 9.03 Å². The Morgan fingerprint density at radius 3 is 2.31 bits per heavy atom. The summed E-state index contributed by atoms with van der Waals surface area (Å²) >= 11 is -1.20. The van der Waals surface area contributed by atoms with E-state index in [0.29, 0.717) is 11.4 Å². The van der Waals surface area contributed by atoms with Gasteiger partial charge in [0.1, 0.15) is 4.75 Å². The van der Waals surface area contributed by atoms with Crippen LogP contribution in [0.5, 0.6) is 0 Å². The highest BCUT2D eigenvalue weighted by Crippen LogP contribution is 2.47. The van der Waals surface area contributed by atoms with Gasteiger partial charge in [0, 0.05) is 23.4 Å². The molecule has 1 aliphatic heterocycles. The number of nitrogens with one attached hydrogen (secondary N) is 1. The Morgan fingerprint density at radius 2 is 1.81 bits per heavy atom. The van der Waals surface area contributed by atoms with Crippen LogP contribution in [0.15, 0.2) is 29.2 Å². The SMILES string of the molecule is Cc1ccc(S(=O)(=O)N2C[C@H](N[S+]([O-])C(C)(C)C)CCC23CCC3)cc1. The Labute approximate surface area is 160 Å². The third kappa shape index (κ3) is 3.83. The minimum absolute atomic E-state index is 0.0819. The molecule has 1 spiro atoms. The summed E-state index contributed by atoms with van der Waals surface area (Å²) in [5.74, 6) is 0. The molecule has 0 bridgehead atoms. The largest absolute Gasteiger partial charge is 0.598 e. The maximum Gasteiger partial charge on any atom is 0.243 e. The van der Waals surface area contributed by atoms with Crippen LogP contribution in [0, 0.1) is 6.92 Å². The molecule has 0 radical (unpaired) electrons. The molecule has 146 valence electrons. The summed E-state index contributed by atoms with van der Waals surface area (Å²) in [6.07, 6.45) is 4.62. The molecule has 1 saturated carbocycles. The zero-order valence-electron chi connectivity index (χ0n) is 16.1. The molecular weight excluding hydrogens is 368 g/mol. The lowest BCUT2D eigenvalue weighted by molar-refractivity contribution is 0.0397. The lowest BCUT2D eigenvalue weighted by atomic mass is 9.71. The fourth-order valence-electron chi connectivity index (χ4n) is 3.75. The second-order valence-corrected chi connectivity index (χ2v) is 12.5. The molecule has 0 aromatic heterocycles. The average Bonchev–Trinajstić information content (AvgIpc) is 2.53. The first-order valence-corrected chi connectivity index (χ1v) is 11.9. The van der Waals surface area contributed by atoms with Gasteiger partial charge in [-0.05, 0) is 71.9 Å². The van der Waals surface area contributed by atoms with Gasteiger partial charge >= 0.3 is 0 Å². The van der Waals surface area contributed by atoms with Gasteiger partial charge in [0.15, 0.2) is 0 Å². The van der Waals surface area contributed by atoms with Crippen molar-refractivity contribution in [2.24, 2.45) is 0 Å². The molecule has 1 unspecified atom stereocenters. The van der Waals surface area contributed by atoms with E-state index in [1.807, 2.05) is 39.8 Å². The van der Waals surface area contributed by atoms with Crippen LogP contribution in [0.25, 0.3) is 0 Å². The van der Waals surface area contributed by atoms with E-state index in [1.54, 1.807) is 16.4 Å². The third-order valence-corrected chi connectivity index (χ3v) is 9.24. The molecule has 26 heavy (non-hydrogen) atoms. The highest BCUT2D eigenvalue weighted by molar-refractivity contribution is 7.90. The van der Waals surface area contributed by atoms with E-state index in [2.05, 4.69) is 4.72 Å². The number of piperidine rings is 1. The Bertz CT molecular complexity index is 737. The van der Waals surface area contributed by atoms with Crippen molar-refractivity contribution >= 4 is 21.4 Å². The van der Waals surface area contributed by atoms with Crippen LogP contribution in [0.3, 0.4) is 0 Å². The minimum atomic E-state index is -3.56. The summed E-state index contributed by atoms with van der Waals surface area (Å²) in [5.41, 5.74) is 0.798. The number of hydrogen-bond acceptors (Lipinski definition) is 4. The fourth-order valence-corrected chi connectivity index (χ4v) is 6.50. The van der Waals surface area contributed by atoms with E-state index in [-0.39, 0.29) is 16.3 Å². The Morgan fingerprint density at radius 1 is 1.19 bits per heavy atom. The highest BCUT2D eigenvalue weighted by Gasteiger charge is 2.52. The van der Waals surface area contributed by atoms with E-state index >= 15 is 0 Å². The highest BCUT2D eigenvalue weighted by atomic mass is 32.2. The minimum Gasteiger partial charge on any atom is -0.598 e. The van der Waals surface area contributed by atoms with Gasteiger partial charge in [0.2, 0.25) is 10.0 Å². The van der Waals surface area contributed by atoms with Gasteiger partial charge in [-0.2, -0.15) is 4.31 Å². The second kappa shape index (κ2) is 7.09. The molecule has 1 saturated heterocycles. The van der Waals surface area contributed by atoms with E-state index in [0.717, 1.165) is 37.7 Å². The third-order valence-electron chi connectivity index (χ3n) is 5.60. The average molecular weight is 399 g/mol. The van der Waals surface area contributed by atoms with Crippen molar-refractivity contribution in [3.05, 3.63) is 29.8 Å². The molecular formula is C19H30N2O3S2. The summed E-state index contributed by atoms with van der Waals surface area (Å²) < 4.78 is 43.7. The first kappa shape index (κ1) is 20.1. The normalized spacial score (nSPS) is 25.0. The van der Waals surface area contributed by atoms with Crippen molar-refractivity contribution in [1.29, 1.82) is 0 Å². The maximum absolute atomic E-state index is 13.4. The van der Waals surface area contributed by atoms with Crippen LogP contribution in [-0.4, -0.2) is 40.1 Å². The molecule has 1 aromatic carbocycles. The van der Waals surface area contributed by atoms with Crippen molar-refractivity contribution in [2.75, 3.05) is 6.54 Å². The molecule has 1 aromatic rings. The number of sulfonamides is 1. The summed E-state index contributed by atoms with van der Waals surface area (Å²) in [7, 11) is -3.56. The number of nitrogens with zero attached hydrogens (tertiary/aromatic N) is 1. The van der Waals surface area contributed by atoms with E-state index in [1.165, 1.54) is 0 Å². The van der Waals surface area contributed by atoms with Gasteiger partial charge in [-0.1, -0.05) is 17.7 Å². The molecule has 1 aliphatic carbocycles. The van der Waals surface area contributed by atoms with E-state index in [4.69, 9.17) is 0 Å². The number of aryl methyl sites for hydroxylation is 1. The van der Waals surface area contributed by atoms with Crippen LogP contribution in [-0.2, 0) is 21.4 Å². The molecule has 5 nitrogen and oxygen atoms in total. The smallest absolute Gasteiger partial charge is 0.243 e. The summed E-state index contributed by atoms with van der Waals surface area (Å²) in [4.78, 5) is 0.354. The molecule has 2 aliphatic rings. The lowest BCUT2D eigenvalue weighted by Gasteiger charge is -2.53. The summed E-state index contributed by atoms with van der Waals surface area (Å²) in [6.45, 7) is 8.11. The second-order valence-electron chi connectivity index (χ2n) is 8.66. The Kier molecular flexibility index (Phi) is 5.50.